The van der Waals surface area contributed by atoms with Crippen molar-refractivity contribution in [3.8, 4) is 28.1 Å². The fraction of sp³-hybridized carbons (Fsp3) is 0.290. The van der Waals surface area contributed by atoms with Crippen LogP contribution in [0.1, 0.15) is 35.1 Å². The smallest absolute Gasteiger partial charge is 0.416 e. The van der Waals surface area contributed by atoms with Crippen LogP contribution in [0.5, 0.6) is 5.75 Å². The Morgan fingerprint density at radius 3 is 2.38 bits per heavy atom. The molecule has 0 atom stereocenters. The summed E-state index contributed by atoms with van der Waals surface area (Å²) in [6.07, 6.45) is -3.14. The van der Waals surface area contributed by atoms with Gasteiger partial charge >= 0.3 is 12.1 Å². The van der Waals surface area contributed by atoms with Gasteiger partial charge in [-0.05, 0) is 72.7 Å². The van der Waals surface area contributed by atoms with Crippen LogP contribution in [-0.2, 0) is 17.6 Å². The number of benzene rings is 3. The highest BCUT2D eigenvalue weighted by Gasteiger charge is 2.30. The van der Waals surface area contributed by atoms with Gasteiger partial charge in [0.15, 0.2) is 5.13 Å². The number of halogens is 3. The number of aliphatic carboxylic acids is 1. The number of rotatable bonds is 7. The van der Waals surface area contributed by atoms with Crippen LogP contribution in [0.2, 0.25) is 0 Å². The quantitative estimate of drug-likeness (QED) is 0.246. The van der Waals surface area contributed by atoms with Crippen LogP contribution >= 0.6 is 11.3 Å². The second-order valence-electron chi connectivity index (χ2n) is 10.1. The molecule has 1 aromatic heterocycles. The molecule has 1 fully saturated rings. The molecule has 208 valence electrons. The highest BCUT2D eigenvalue weighted by molar-refractivity contribution is 7.14. The molecule has 9 heteroatoms. The normalized spacial score (nSPS) is 14.4. The molecule has 1 aliphatic heterocycles. The zero-order valence-corrected chi connectivity index (χ0v) is 23.0. The number of thiazole rings is 1. The summed E-state index contributed by atoms with van der Waals surface area (Å²) in [6.45, 7) is 5.62. The van der Waals surface area contributed by atoms with E-state index in [1.807, 2.05) is 55.6 Å². The number of carboxylic acids is 1. The van der Waals surface area contributed by atoms with Crippen molar-refractivity contribution in [3.05, 3.63) is 88.3 Å². The summed E-state index contributed by atoms with van der Waals surface area (Å²) in [6, 6.07) is 16.9. The summed E-state index contributed by atoms with van der Waals surface area (Å²) >= 11 is 1.54. The molecule has 4 aromatic rings. The van der Waals surface area contributed by atoms with E-state index in [0.29, 0.717) is 32.5 Å². The number of alkyl halides is 3. The average Bonchev–Trinajstić information content (AvgIpc) is 3.43. The minimum Gasteiger partial charge on any atom is -0.488 e. The third kappa shape index (κ3) is 5.99. The minimum absolute atomic E-state index is 0.292. The predicted molar refractivity (Wildman–Crippen MR) is 151 cm³/mol. The highest BCUT2D eigenvalue weighted by Crippen LogP contribution is 2.37. The van der Waals surface area contributed by atoms with E-state index >= 15 is 0 Å². The summed E-state index contributed by atoms with van der Waals surface area (Å²) in [4.78, 5) is 18.3. The van der Waals surface area contributed by atoms with E-state index in [-0.39, 0.29) is 5.92 Å². The van der Waals surface area contributed by atoms with Gasteiger partial charge in [-0.1, -0.05) is 42.5 Å². The Balaban J connectivity index is 1.30. The maximum absolute atomic E-state index is 12.9. The van der Waals surface area contributed by atoms with Crippen LogP contribution in [0.15, 0.2) is 66.0 Å². The lowest BCUT2D eigenvalue weighted by atomic mass is 9.97. The number of piperidine rings is 1. The van der Waals surface area contributed by atoms with Crippen LogP contribution in [0.25, 0.3) is 22.4 Å². The molecule has 0 aliphatic carbocycles. The van der Waals surface area contributed by atoms with Gasteiger partial charge in [-0.15, -0.1) is 11.3 Å². The topological polar surface area (TPSA) is 62.7 Å². The van der Waals surface area contributed by atoms with Gasteiger partial charge in [-0.3, -0.25) is 4.79 Å². The molecule has 0 unspecified atom stereocenters. The van der Waals surface area contributed by atoms with Gasteiger partial charge < -0.3 is 14.7 Å². The number of ether oxygens (including phenoxy) is 1. The van der Waals surface area contributed by atoms with E-state index in [1.165, 1.54) is 12.1 Å². The standard InChI is InChI=1S/C31H29F3N2O3S/c1-19-4-3-5-26(27-18-40-30(35-27)36-14-12-22(13-15-36)29(37)38)28(19)39-17-24-7-6-23(16-20(24)2)21-8-10-25(11-9-21)31(32,33)34/h3-11,16,18,22H,12-15,17H2,1-2H3,(H,37,38). The number of para-hydroxylation sites is 1. The van der Waals surface area contributed by atoms with Gasteiger partial charge in [0.1, 0.15) is 12.4 Å². The molecule has 3 aromatic carbocycles. The van der Waals surface area contributed by atoms with Gasteiger partial charge in [0.05, 0.1) is 17.2 Å². The highest BCUT2D eigenvalue weighted by atomic mass is 32.1. The molecule has 40 heavy (non-hydrogen) atoms. The second kappa shape index (κ2) is 11.3. The van der Waals surface area contributed by atoms with Gasteiger partial charge in [0, 0.05) is 24.0 Å². The maximum atomic E-state index is 12.9. The number of hydrogen-bond donors (Lipinski definition) is 1. The first-order valence-corrected chi connectivity index (χ1v) is 13.9. The lowest BCUT2D eigenvalue weighted by molar-refractivity contribution is -0.142. The number of nitrogens with zero attached hydrogens (tertiary/aromatic N) is 2. The summed E-state index contributed by atoms with van der Waals surface area (Å²) in [5.41, 5.74) is 5.54. The van der Waals surface area contributed by atoms with Crippen molar-refractivity contribution in [1.82, 2.24) is 4.98 Å². The van der Waals surface area contributed by atoms with Gasteiger partial charge in [-0.25, -0.2) is 4.98 Å². The van der Waals surface area contributed by atoms with Crippen molar-refractivity contribution in [2.75, 3.05) is 18.0 Å². The Kier molecular flexibility index (Phi) is 7.85. The van der Waals surface area contributed by atoms with Crippen molar-refractivity contribution >= 4 is 22.4 Å². The molecule has 0 saturated carbocycles. The summed E-state index contributed by atoms with van der Waals surface area (Å²) in [5.74, 6) is -0.277. The Morgan fingerprint density at radius 1 is 1.02 bits per heavy atom. The molecule has 5 rings (SSSR count). The fourth-order valence-corrected chi connectivity index (χ4v) is 5.82. The first-order chi connectivity index (χ1) is 19.1. The largest absolute Gasteiger partial charge is 0.488 e. The lowest BCUT2D eigenvalue weighted by Crippen LogP contribution is -2.36. The summed E-state index contributed by atoms with van der Waals surface area (Å²) in [7, 11) is 0. The molecular weight excluding hydrogens is 537 g/mol. The monoisotopic (exact) mass is 566 g/mol. The summed E-state index contributed by atoms with van der Waals surface area (Å²) in [5, 5.41) is 12.2. The Morgan fingerprint density at radius 2 is 1.73 bits per heavy atom. The predicted octanol–water partition coefficient (Wildman–Crippen LogP) is 7.99. The van der Waals surface area contributed by atoms with E-state index in [0.717, 1.165) is 62.1 Å². The zero-order valence-electron chi connectivity index (χ0n) is 22.2. The van der Waals surface area contributed by atoms with Crippen molar-refractivity contribution < 1.29 is 27.8 Å². The molecule has 2 heterocycles. The average molecular weight is 567 g/mol. The molecule has 1 aliphatic rings. The number of hydrogen-bond acceptors (Lipinski definition) is 5. The van der Waals surface area contributed by atoms with E-state index in [1.54, 1.807) is 11.3 Å². The van der Waals surface area contributed by atoms with Crippen molar-refractivity contribution in [2.24, 2.45) is 5.92 Å². The first kappa shape index (κ1) is 27.7. The van der Waals surface area contributed by atoms with Crippen molar-refractivity contribution in [1.29, 1.82) is 0 Å². The number of anilines is 1. The van der Waals surface area contributed by atoms with Crippen molar-refractivity contribution in [3.63, 3.8) is 0 Å². The molecule has 5 nitrogen and oxygen atoms in total. The van der Waals surface area contributed by atoms with Crippen LogP contribution in [-0.4, -0.2) is 29.1 Å². The Hall–Kier alpha value is -3.85. The van der Waals surface area contributed by atoms with E-state index in [2.05, 4.69) is 4.90 Å². The fourth-order valence-electron chi connectivity index (χ4n) is 4.94. The SMILES string of the molecule is Cc1cc(-c2ccc(C(F)(F)F)cc2)ccc1COc1c(C)cccc1-c1csc(N2CCC(C(=O)O)CC2)n1. The van der Waals surface area contributed by atoms with Crippen LogP contribution < -0.4 is 9.64 Å². The summed E-state index contributed by atoms with van der Waals surface area (Å²) < 4.78 is 45.1. The maximum Gasteiger partial charge on any atom is 0.416 e. The first-order valence-electron chi connectivity index (χ1n) is 13.0. The molecular formula is C31H29F3N2O3S. The Bertz CT molecular complexity index is 1510. The number of aryl methyl sites for hydroxylation is 2. The van der Waals surface area contributed by atoms with E-state index < -0.39 is 17.7 Å². The molecule has 1 N–H and O–H groups in total. The third-order valence-corrected chi connectivity index (χ3v) is 8.26. The Labute approximate surface area is 234 Å². The van der Waals surface area contributed by atoms with Gasteiger partial charge in [0.2, 0.25) is 0 Å². The van der Waals surface area contributed by atoms with E-state index in [4.69, 9.17) is 9.72 Å². The molecule has 0 amide bonds. The van der Waals surface area contributed by atoms with Crippen LogP contribution in [0, 0.1) is 19.8 Å². The molecule has 1 saturated heterocycles. The van der Waals surface area contributed by atoms with Crippen LogP contribution in [0.3, 0.4) is 0 Å². The molecule has 0 spiro atoms. The minimum atomic E-state index is -4.36. The number of carbonyl (C=O) groups is 1. The lowest BCUT2D eigenvalue weighted by Gasteiger charge is -2.29. The van der Waals surface area contributed by atoms with Crippen LogP contribution in [0.4, 0.5) is 18.3 Å². The number of carboxylic acid groups (broad SMARTS) is 1. The molecule has 0 bridgehead atoms. The van der Waals surface area contributed by atoms with Gasteiger partial charge in [0.25, 0.3) is 0 Å². The third-order valence-electron chi connectivity index (χ3n) is 7.35. The molecule has 0 radical (unpaired) electrons. The van der Waals surface area contributed by atoms with Gasteiger partial charge in [-0.2, -0.15) is 13.2 Å². The zero-order chi connectivity index (χ0) is 28.4. The van der Waals surface area contributed by atoms with E-state index in [9.17, 15) is 23.1 Å². The second-order valence-corrected chi connectivity index (χ2v) is 10.9. The number of aromatic nitrogens is 1. The van der Waals surface area contributed by atoms with Crippen molar-refractivity contribution in [2.45, 2.75) is 39.5 Å².